The zero-order chi connectivity index (χ0) is 24.0. The molecule has 33 heavy (non-hydrogen) atoms. The smallest absolute Gasteiger partial charge is 0.341 e. The maximum Gasteiger partial charge on any atom is 0.341 e. The van der Waals surface area contributed by atoms with Gasteiger partial charge < -0.3 is 15.4 Å². The summed E-state index contributed by atoms with van der Waals surface area (Å²) in [7, 11) is 1.21. The lowest BCUT2D eigenvalue weighted by Gasteiger charge is -2.19. The van der Waals surface area contributed by atoms with Crippen molar-refractivity contribution < 1.29 is 18.7 Å². The Bertz CT molecular complexity index is 1220. The van der Waals surface area contributed by atoms with Gasteiger partial charge in [-0.05, 0) is 48.2 Å². The Morgan fingerprint density at radius 1 is 1.18 bits per heavy atom. The molecule has 0 aliphatic heterocycles. The number of nitrogens with zero attached hydrogens (tertiary/aromatic N) is 2. The second-order valence-electron chi connectivity index (χ2n) is 7.38. The molecule has 0 radical (unpaired) electrons. The van der Waals surface area contributed by atoms with Gasteiger partial charge in [0.15, 0.2) is 5.82 Å². The molecule has 168 valence electrons. The largest absolute Gasteiger partial charge is 0.465 e. The molecule has 3 rings (SSSR count). The van der Waals surface area contributed by atoms with Crippen molar-refractivity contribution in [2.24, 2.45) is 0 Å². The molecule has 2 N–H and O–H groups in total. The molecule has 1 amide bonds. The van der Waals surface area contributed by atoms with Gasteiger partial charge in [-0.3, -0.25) is 4.79 Å². The Hall–Kier alpha value is -4.25. The normalized spacial score (nSPS) is 11.2. The molecule has 8 heteroatoms. The Balaban J connectivity index is 1.85. The Labute approximate surface area is 191 Å². The van der Waals surface area contributed by atoms with Crippen LogP contribution in [0.4, 0.5) is 15.9 Å². The predicted octanol–water partition coefficient (Wildman–Crippen LogP) is 5.01. The molecule has 7 nitrogen and oxygen atoms in total. The van der Waals surface area contributed by atoms with Crippen molar-refractivity contribution in [3.8, 4) is 17.2 Å². The average Bonchev–Trinajstić information content (AvgIpc) is 2.81. The van der Waals surface area contributed by atoms with Crippen LogP contribution in [0.5, 0.6) is 0 Å². The fourth-order valence-corrected chi connectivity index (χ4v) is 3.39. The molecule has 1 unspecified atom stereocenters. The van der Waals surface area contributed by atoms with Crippen LogP contribution < -0.4 is 10.6 Å². The first-order valence-electron chi connectivity index (χ1n) is 10.2. The molecule has 0 saturated heterocycles. The SMILES string of the molecule is COC(=O)c1c(F)cccc1-c1ccc(C(C)Nc2nccc(C)c2NC(=O)CC#N)cc1. The first kappa shape index (κ1) is 23.4. The highest BCUT2D eigenvalue weighted by Gasteiger charge is 2.19. The maximum atomic E-state index is 14.3. The summed E-state index contributed by atoms with van der Waals surface area (Å²) in [4.78, 5) is 28.3. The number of aryl methyl sites for hydroxylation is 1. The Kier molecular flexibility index (Phi) is 7.36. The number of nitriles is 1. The summed E-state index contributed by atoms with van der Waals surface area (Å²) in [6.45, 7) is 3.77. The molecule has 0 spiro atoms. The maximum absolute atomic E-state index is 14.3. The number of anilines is 2. The average molecular weight is 446 g/mol. The third-order valence-corrected chi connectivity index (χ3v) is 5.14. The molecular weight excluding hydrogens is 423 g/mol. The van der Waals surface area contributed by atoms with E-state index in [0.717, 1.165) is 11.1 Å². The number of carbonyl (C=O) groups excluding carboxylic acids is 2. The highest BCUT2D eigenvalue weighted by molar-refractivity contribution is 5.97. The molecular formula is C25H23FN4O3. The van der Waals surface area contributed by atoms with Gasteiger partial charge in [0.2, 0.25) is 5.91 Å². The van der Waals surface area contributed by atoms with Crippen LogP contribution in [0, 0.1) is 24.1 Å². The van der Waals surface area contributed by atoms with Gasteiger partial charge in [-0.25, -0.2) is 14.2 Å². The fourth-order valence-electron chi connectivity index (χ4n) is 3.39. The van der Waals surface area contributed by atoms with Crippen molar-refractivity contribution >= 4 is 23.4 Å². The van der Waals surface area contributed by atoms with Gasteiger partial charge in [0.25, 0.3) is 0 Å². The zero-order valence-corrected chi connectivity index (χ0v) is 18.5. The zero-order valence-electron chi connectivity index (χ0n) is 18.5. The van der Waals surface area contributed by atoms with Gasteiger partial charge in [0, 0.05) is 6.20 Å². The molecule has 0 saturated carbocycles. The first-order valence-corrected chi connectivity index (χ1v) is 10.2. The number of aromatic nitrogens is 1. The van der Waals surface area contributed by atoms with Crippen molar-refractivity contribution in [3.05, 3.63) is 77.2 Å². The number of amides is 1. The quantitative estimate of drug-likeness (QED) is 0.495. The van der Waals surface area contributed by atoms with Crippen molar-refractivity contribution in [1.82, 2.24) is 4.98 Å². The van der Waals surface area contributed by atoms with Crippen molar-refractivity contribution in [2.75, 3.05) is 17.7 Å². The first-order chi connectivity index (χ1) is 15.8. The molecule has 1 atom stereocenters. The van der Waals surface area contributed by atoms with Crippen molar-refractivity contribution in [3.63, 3.8) is 0 Å². The van der Waals surface area contributed by atoms with E-state index in [0.29, 0.717) is 22.6 Å². The van der Waals surface area contributed by atoms with Crippen LogP contribution in [0.2, 0.25) is 0 Å². The van der Waals surface area contributed by atoms with Gasteiger partial charge in [0.05, 0.1) is 24.9 Å². The van der Waals surface area contributed by atoms with Crippen LogP contribution in [0.3, 0.4) is 0 Å². The van der Waals surface area contributed by atoms with Gasteiger partial charge in [-0.15, -0.1) is 0 Å². The monoisotopic (exact) mass is 446 g/mol. The minimum absolute atomic E-state index is 0.111. The predicted molar refractivity (Wildman–Crippen MR) is 123 cm³/mol. The summed E-state index contributed by atoms with van der Waals surface area (Å²) in [5.74, 6) is -1.31. The third-order valence-electron chi connectivity index (χ3n) is 5.14. The lowest BCUT2D eigenvalue weighted by atomic mass is 9.97. The van der Waals surface area contributed by atoms with E-state index in [1.807, 2.05) is 32.0 Å². The fraction of sp³-hybridized carbons (Fsp3) is 0.200. The van der Waals surface area contributed by atoms with Gasteiger partial charge in [-0.2, -0.15) is 5.26 Å². The number of carbonyl (C=O) groups is 2. The van der Waals surface area contributed by atoms with Crippen LogP contribution in [0.25, 0.3) is 11.1 Å². The molecule has 0 aliphatic carbocycles. The van der Waals surface area contributed by atoms with E-state index in [-0.39, 0.29) is 18.0 Å². The number of methoxy groups -OCH3 is 1. The number of nitrogens with one attached hydrogen (secondary N) is 2. The highest BCUT2D eigenvalue weighted by Crippen LogP contribution is 2.30. The number of hydrogen-bond acceptors (Lipinski definition) is 6. The number of ether oxygens (including phenoxy) is 1. The number of hydrogen-bond donors (Lipinski definition) is 2. The van der Waals surface area contributed by atoms with Crippen LogP contribution in [-0.4, -0.2) is 24.0 Å². The standard InChI is InChI=1S/C25H23FN4O3/c1-15-12-14-28-24(23(15)30-21(31)11-13-27)29-16(2)17-7-9-18(10-8-17)19-5-4-6-20(26)22(19)25(32)33-3/h4-10,12,14,16H,11H2,1-3H3,(H,28,29)(H,30,31). The molecule has 2 aromatic carbocycles. The van der Waals surface area contributed by atoms with Crippen LogP contribution in [0.1, 0.15) is 40.9 Å². The molecule has 0 fully saturated rings. The Morgan fingerprint density at radius 2 is 1.91 bits per heavy atom. The van der Waals surface area contributed by atoms with Gasteiger partial charge in [-0.1, -0.05) is 36.4 Å². The number of halogens is 1. The highest BCUT2D eigenvalue weighted by atomic mass is 19.1. The number of esters is 1. The lowest BCUT2D eigenvalue weighted by molar-refractivity contribution is -0.115. The van der Waals surface area contributed by atoms with Crippen LogP contribution in [-0.2, 0) is 9.53 Å². The van der Waals surface area contributed by atoms with Gasteiger partial charge >= 0.3 is 5.97 Å². The van der Waals surface area contributed by atoms with E-state index in [1.165, 1.54) is 13.2 Å². The van der Waals surface area contributed by atoms with Gasteiger partial charge in [0.1, 0.15) is 17.8 Å². The third kappa shape index (κ3) is 5.33. The second-order valence-corrected chi connectivity index (χ2v) is 7.38. The summed E-state index contributed by atoms with van der Waals surface area (Å²) >= 11 is 0. The molecule has 1 aromatic heterocycles. The van der Waals surface area contributed by atoms with Crippen LogP contribution in [0.15, 0.2) is 54.7 Å². The molecule has 0 bridgehead atoms. The van der Waals surface area contributed by atoms with E-state index < -0.39 is 17.7 Å². The minimum Gasteiger partial charge on any atom is -0.465 e. The summed E-state index contributed by atoms with van der Waals surface area (Å²) in [6.07, 6.45) is 1.38. The molecule has 1 heterocycles. The summed E-state index contributed by atoms with van der Waals surface area (Å²) in [6, 6.07) is 15.2. The van der Waals surface area contributed by atoms with E-state index in [4.69, 9.17) is 10.00 Å². The summed E-state index contributed by atoms with van der Waals surface area (Å²) in [5, 5.41) is 14.7. The van der Waals surface area contributed by atoms with E-state index in [1.54, 1.807) is 36.5 Å². The van der Waals surface area contributed by atoms with E-state index in [2.05, 4.69) is 15.6 Å². The van der Waals surface area contributed by atoms with E-state index in [9.17, 15) is 14.0 Å². The topological polar surface area (TPSA) is 104 Å². The van der Waals surface area contributed by atoms with Crippen LogP contribution >= 0.6 is 0 Å². The summed E-state index contributed by atoms with van der Waals surface area (Å²) in [5.41, 5.74) is 3.24. The number of rotatable bonds is 7. The minimum atomic E-state index is -0.737. The molecule has 3 aromatic rings. The van der Waals surface area contributed by atoms with E-state index >= 15 is 0 Å². The number of pyridine rings is 1. The Morgan fingerprint density at radius 3 is 2.58 bits per heavy atom. The second kappa shape index (κ2) is 10.4. The molecule has 0 aliphatic rings. The summed E-state index contributed by atoms with van der Waals surface area (Å²) < 4.78 is 19.0. The van der Waals surface area contributed by atoms with Crippen molar-refractivity contribution in [1.29, 1.82) is 5.26 Å². The number of benzene rings is 2. The lowest BCUT2D eigenvalue weighted by Crippen LogP contribution is -2.16. The van der Waals surface area contributed by atoms with Crippen molar-refractivity contribution in [2.45, 2.75) is 26.3 Å².